The predicted octanol–water partition coefficient (Wildman–Crippen LogP) is 4.43. The molecule has 0 aliphatic rings. The fourth-order valence-corrected chi connectivity index (χ4v) is 2.42. The van der Waals surface area contributed by atoms with E-state index in [2.05, 4.69) is 5.32 Å². The third kappa shape index (κ3) is 4.04. The minimum atomic E-state index is -0.555. The van der Waals surface area contributed by atoms with Gasteiger partial charge in [-0.15, -0.1) is 11.8 Å². The topological polar surface area (TPSA) is 38.3 Å². The van der Waals surface area contributed by atoms with E-state index in [1.54, 1.807) is 18.7 Å². The van der Waals surface area contributed by atoms with Crippen molar-refractivity contribution < 1.29 is 9.53 Å². The standard InChI is InChI=1S/C18H21NO2S/c1-12-6-5-7-17(13(12)2)21-14(3)18(20)19-15-8-10-16(22-4)11-9-15/h5-11,14H,1-4H3,(H,19,20). The number of carbonyl (C=O) groups excluding carboxylic acids is 1. The Morgan fingerprint density at radius 1 is 1.14 bits per heavy atom. The van der Waals surface area contributed by atoms with E-state index in [1.165, 1.54) is 0 Å². The largest absolute Gasteiger partial charge is 0.481 e. The summed E-state index contributed by atoms with van der Waals surface area (Å²) in [5, 5.41) is 2.87. The number of amides is 1. The summed E-state index contributed by atoms with van der Waals surface area (Å²) in [5.41, 5.74) is 2.99. The Kier molecular flexibility index (Phi) is 5.50. The fourth-order valence-electron chi connectivity index (χ4n) is 2.01. The summed E-state index contributed by atoms with van der Waals surface area (Å²) in [4.78, 5) is 13.4. The van der Waals surface area contributed by atoms with Gasteiger partial charge in [-0.3, -0.25) is 4.79 Å². The van der Waals surface area contributed by atoms with Crippen LogP contribution in [0.4, 0.5) is 5.69 Å². The molecule has 1 N–H and O–H groups in total. The summed E-state index contributed by atoms with van der Waals surface area (Å²) >= 11 is 1.67. The highest BCUT2D eigenvalue weighted by Gasteiger charge is 2.16. The maximum absolute atomic E-state index is 12.2. The molecule has 2 aromatic rings. The van der Waals surface area contributed by atoms with Gasteiger partial charge in [0.1, 0.15) is 5.75 Å². The number of thioether (sulfide) groups is 1. The molecule has 0 aromatic heterocycles. The van der Waals surface area contributed by atoms with Crippen LogP contribution in [0.15, 0.2) is 47.4 Å². The Labute approximate surface area is 136 Å². The predicted molar refractivity (Wildman–Crippen MR) is 92.9 cm³/mol. The molecule has 1 amide bonds. The Morgan fingerprint density at radius 2 is 1.82 bits per heavy atom. The van der Waals surface area contributed by atoms with Crippen molar-refractivity contribution in [2.75, 3.05) is 11.6 Å². The number of ether oxygens (including phenoxy) is 1. The van der Waals surface area contributed by atoms with E-state index in [9.17, 15) is 4.79 Å². The van der Waals surface area contributed by atoms with Crippen molar-refractivity contribution in [3.63, 3.8) is 0 Å². The van der Waals surface area contributed by atoms with E-state index in [-0.39, 0.29) is 5.91 Å². The summed E-state index contributed by atoms with van der Waals surface area (Å²) in [7, 11) is 0. The SMILES string of the molecule is CSc1ccc(NC(=O)C(C)Oc2cccc(C)c2C)cc1. The van der Waals surface area contributed by atoms with Crippen LogP contribution in [-0.2, 0) is 4.79 Å². The van der Waals surface area contributed by atoms with E-state index in [1.807, 2.05) is 62.6 Å². The zero-order chi connectivity index (χ0) is 16.1. The third-order valence-electron chi connectivity index (χ3n) is 3.59. The highest BCUT2D eigenvalue weighted by atomic mass is 32.2. The molecule has 0 fully saturated rings. The minimum Gasteiger partial charge on any atom is -0.481 e. The molecular weight excluding hydrogens is 294 g/mol. The number of aryl methyl sites for hydroxylation is 1. The molecule has 3 nitrogen and oxygen atoms in total. The van der Waals surface area contributed by atoms with Crippen LogP contribution >= 0.6 is 11.8 Å². The molecule has 1 unspecified atom stereocenters. The summed E-state index contributed by atoms with van der Waals surface area (Å²) in [6, 6.07) is 13.6. The zero-order valence-corrected chi connectivity index (χ0v) is 14.2. The Morgan fingerprint density at radius 3 is 2.45 bits per heavy atom. The van der Waals surface area contributed by atoms with Crippen molar-refractivity contribution in [1.82, 2.24) is 0 Å². The van der Waals surface area contributed by atoms with Gasteiger partial charge in [0.05, 0.1) is 0 Å². The van der Waals surface area contributed by atoms with E-state index >= 15 is 0 Å². The highest BCUT2D eigenvalue weighted by Crippen LogP contribution is 2.22. The van der Waals surface area contributed by atoms with Gasteiger partial charge >= 0.3 is 0 Å². The number of hydrogen-bond acceptors (Lipinski definition) is 3. The number of rotatable bonds is 5. The van der Waals surface area contributed by atoms with Crippen LogP contribution in [0.2, 0.25) is 0 Å². The van der Waals surface area contributed by atoms with Gasteiger partial charge in [0.15, 0.2) is 6.10 Å². The molecule has 2 aromatic carbocycles. The van der Waals surface area contributed by atoms with Crippen LogP contribution in [-0.4, -0.2) is 18.3 Å². The first kappa shape index (κ1) is 16.4. The summed E-state index contributed by atoms with van der Waals surface area (Å²) in [6.07, 6.45) is 1.47. The van der Waals surface area contributed by atoms with Crippen molar-refractivity contribution in [2.24, 2.45) is 0 Å². The van der Waals surface area contributed by atoms with Gasteiger partial charge in [0.2, 0.25) is 0 Å². The lowest BCUT2D eigenvalue weighted by Crippen LogP contribution is -2.30. The monoisotopic (exact) mass is 315 g/mol. The Hall–Kier alpha value is -1.94. The third-order valence-corrected chi connectivity index (χ3v) is 4.33. The number of nitrogens with one attached hydrogen (secondary N) is 1. The molecule has 4 heteroatoms. The maximum Gasteiger partial charge on any atom is 0.265 e. The lowest BCUT2D eigenvalue weighted by atomic mass is 10.1. The van der Waals surface area contributed by atoms with E-state index in [4.69, 9.17) is 4.74 Å². The first-order valence-corrected chi connectivity index (χ1v) is 8.41. The minimum absolute atomic E-state index is 0.155. The first-order valence-electron chi connectivity index (χ1n) is 7.19. The van der Waals surface area contributed by atoms with Crippen LogP contribution in [0.3, 0.4) is 0 Å². The normalized spacial score (nSPS) is 11.8. The van der Waals surface area contributed by atoms with Gasteiger partial charge in [-0.25, -0.2) is 0 Å². The van der Waals surface area contributed by atoms with Gasteiger partial charge in [-0.2, -0.15) is 0 Å². The number of hydrogen-bond donors (Lipinski definition) is 1. The zero-order valence-electron chi connectivity index (χ0n) is 13.3. The molecule has 0 saturated carbocycles. The molecule has 0 saturated heterocycles. The maximum atomic E-state index is 12.2. The molecule has 116 valence electrons. The molecule has 0 heterocycles. The van der Waals surface area contributed by atoms with E-state index in [0.717, 1.165) is 27.5 Å². The van der Waals surface area contributed by atoms with Crippen molar-refractivity contribution in [3.8, 4) is 5.75 Å². The quantitative estimate of drug-likeness (QED) is 0.829. The van der Waals surface area contributed by atoms with Gasteiger partial charge < -0.3 is 10.1 Å². The lowest BCUT2D eigenvalue weighted by Gasteiger charge is -2.17. The van der Waals surface area contributed by atoms with Crippen LogP contribution in [0.25, 0.3) is 0 Å². The summed E-state index contributed by atoms with van der Waals surface area (Å²) < 4.78 is 5.79. The molecule has 22 heavy (non-hydrogen) atoms. The van der Waals surface area contributed by atoms with Crippen LogP contribution in [0.5, 0.6) is 5.75 Å². The number of anilines is 1. The molecule has 0 spiro atoms. The average Bonchev–Trinajstić information content (AvgIpc) is 2.52. The van der Waals surface area contributed by atoms with Crippen molar-refractivity contribution >= 4 is 23.4 Å². The smallest absolute Gasteiger partial charge is 0.265 e. The Bertz CT molecular complexity index is 653. The summed E-state index contributed by atoms with van der Waals surface area (Å²) in [5.74, 6) is 0.596. The van der Waals surface area contributed by atoms with Gasteiger partial charge in [0.25, 0.3) is 5.91 Å². The molecule has 1 atom stereocenters. The molecular formula is C18H21NO2S. The molecule has 0 aliphatic carbocycles. The van der Waals surface area contributed by atoms with E-state index in [0.29, 0.717) is 0 Å². The van der Waals surface area contributed by atoms with Gasteiger partial charge in [-0.05, 0) is 68.5 Å². The van der Waals surface area contributed by atoms with Crippen molar-refractivity contribution in [2.45, 2.75) is 31.8 Å². The van der Waals surface area contributed by atoms with Crippen molar-refractivity contribution in [3.05, 3.63) is 53.6 Å². The molecule has 2 rings (SSSR count). The second-order valence-electron chi connectivity index (χ2n) is 5.18. The lowest BCUT2D eigenvalue weighted by molar-refractivity contribution is -0.122. The van der Waals surface area contributed by atoms with Gasteiger partial charge in [-0.1, -0.05) is 12.1 Å². The first-order chi connectivity index (χ1) is 10.5. The summed E-state index contributed by atoms with van der Waals surface area (Å²) in [6.45, 7) is 5.78. The van der Waals surface area contributed by atoms with E-state index < -0.39 is 6.10 Å². The number of benzene rings is 2. The second kappa shape index (κ2) is 7.36. The number of carbonyl (C=O) groups is 1. The second-order valence-corrected chi connectivity index (χ2v) is 6.06. The van der Waals surface area contributed by atoms with Gasteiger partial charge in [0, 0.05) is 10.6 Å². The van der Waals surface area contributed by atoms with Crippen LogP contribution in [0, 0.1) is 13.8 Å². The highest BCUT2D eigenvalue weighted by molar-refractivity contribution is 7.98. The molecule has 0 bridgehead atoms. The van der Waals surface area contributed by atoms with Crippen LogP contribution in [0.1, 0.15) is 18.1 Å². The molecule has 0 radical (unpaired) electrons. The fraction of sp³-hybridized carbons (Fsp3) is 0.278. The Balaban J connectivity index is 2.01. The average molecular weight is 315 g/mol. The molecule has 0 aliphatic heterocycles. The van der Waals surface area contributed by atoms with Crippen molar-refractivity contribution in [1.29, 1.82) is 0 Å². The van der Waals surface area contributed by atoms with Crippen LogP contribution < -0.4 is 10.1 Å².